The lowest BCUT2D eigenvalue weighted by atomic mass is 10.1. The van der Waals surface area contributed by atoms with Crippen molar-refractivity contribution >= 4 is 34.9 Å². The molecular formula is C23H21N2O4S+. The molecule has 1 N–H and O–H groups in total. The van der Waals surface area contributed by atoms with Gasteiger partial charge in [0, 0.05) is 11.0 Å². The van der Waals surface area contributed by atoms with E-state index in [0.717, 1.165) is 16.2 Å². The number of nitrogens with one attached hydrogen (secondary N) is 1. The standard InChI is InChI=1S/C23H20N2O4S/c1-28-17-10-8-16(9-11-17)13-21-23(27)25(19-6-2-3-7-20(19)29-21)15-22(26)24-14-18-5-4-12-30-18/h2-13,20H,14-15H2,1H3/p+1/b21-13-. The van der Waals surface area contributed by atoms with Gasteiger partial charge in [-0.3, -0.25) is 4.79 Å². The fourth-order valence-corrected chi connectivity index (χ4v) is 3.85. The monoisotopic (exact) mass is 421 g/mol. The maximum Gasteiger partial charge on any atom is 0.455 e. The molecule has 4 rings (SSSR count). The number of fused-ring (bicyclic) bond motifs is 1. The number of nitrogens with zero attached hydrogens (tertiary/aromatic N) is 1. The minimum Gasteiger partial charge on any atom is -0.497 e. The summed E-state index contributed by atoms with van der Waals surface area (Å²) in [4.78, 5) is 26.7. The van der Waals surface area contributed by atoms with E-state index in [-0.39, 0.29) is 24.1 Å². The van der Waals surface area contributed by atoms with Crippen LogP contribution in [0.2, 0.25) is 0 Å². The van der Waals surface area contributed by atoms with E-state index < -0.39 is 6.10 Å². The number of carbonyl (C=O) groups excluding carboxylic acids is 2. The third kappa shape index (κ3) is 4.41. The van der Waals surface area contributed by atoms with Gasteiger partial charge in [-0.2, -0.15) is 0 Å². The van der Waals surface area contributed by atoms with Gasteiger partial charge in [0.1, 0.15) is 5.75 Å². The lowest BCUT2D eigenvalue weighted by Gasteiger charge is -2.22. The molecule has 1 aromatic carbocycles. The zero-order chi connectivity index (χ0) is 20.9. The third-order valence-electron chi connectivity index (χ3n) is 4.73. The van der Waals surface area contributed by atoms with Crippen molar-refractivity contribution < 1.29 is 23.6 Å². The van der Waals surface area contributed by atoms with Crippen LogP contribution < -0.4 is 10.1 Å². The molecule has 2 amide bonds. The molecule has 152 valence electrons. The van der Waals surface area contributed by atoms with Crippen molar-refractivity contribution in [2.24, 2.45) is 0 Å². The number of allylic oxidation sites excluding steroid dienone is 2. The van der Waals surface area contributed by atoms with Crippen LogP contribution in [0.4, 0.5) is 0 Å². The maximum atomic E-state index is 13.1. The molecule has 2 heterocycles. The Bertz CT molecular complexity index is 1060. The van der Waals surface area contributed by atoms with Gasteiger partial charge in [0.05, 0.1) is 13.7 Å². The van der Waals surface area contributed by atoms with Crippen LogP contribution in [0.5, 0.6) is 5.75 Å². The molecule has 0 fully saturated rings. The summed E-state index contributed by atoms with van der Waals surface area (Å²) in [7, 11) is 1.60. The Morgan fingerprint density at radius 3 is 2.83 bits per heavy atom. The second kappa shape index (κ2) is 8.92. The first kappa shape index (κ1) is 19.8. The van der Waals surface area contributed by atoms with Gasteiger partial charge in [0.15, 0.2) is 0 Å². The van der Waals surface area contributed by atoms with Crippen LogP contribution in [0.15, 0.2) is 71.8 Å². The largest absolute Gasteiger partial charge is 0.497 e. The van der Waals surface area contributed by atoms with Gasteiger partial charge in [0.2, 0.25) is 24.1 Å². The van der Waals surface area contributed by atoms with Crippen LogP contribution in [0.25, 0.3) is 6.08 Å². The highest BCUT2D eigenvalue weighted by Crippen LogP contribution is 2.21. The summed E-state index contributed by atoms with van der Waals surface area (Å²) < 4.78 is 12.6. The van der Waals surface area contributed by atoms with E-state index in [0.29, 0.717) is 12.3 Å². The van der Waals surface area contributed by atoms with Gasteiger partial charge >= 0.3 is 5.91 Å². The first-order valence-corrected chi connectivity index (χ1v) is 10.4. The van der Waals surface area contributed by atoms with Crippen molar-refractivity contribution in [2.45, 2.75) is 12.6 Å². The molecule has 1 aromatic heterocycles. The Balaban J connectivity index is 1.56. The molecule has 1 aliphatic heterocycles. The van der Waals surface area contributed by atoms with Crippen LogP contribution >= 0.6 is 11.3 Å². The number of ether oxygens (including phenoxy) is 2. The number of benzene rings is 1. The van der Waals surface area contributed by atoms with Gasteiger partial charge in [-0.15, -0.1) is 15.9 Å². The maximum absolute atomic E-state index is 13.1. The second-order valence-electron chi connectivity index (χ2n) is 6.74. The van der Waals surface area contributed by atoms with Crippen molar-refractivity contribution in [3.8, 4) is 5.75 Å². The molecule has 0 radical (unpaired) electrons. The van der Waals surface area contributed by atoms with Crippen LogP contribution in [0, 0.1) is 0 Å². The van der Waals surface area contributed by atoms with Crippen molar-refractivity contribution in [1.82, 2.24) is 5.32 Å². The highest BCUT2D eigenvalue weighted by molar-refractivity contribution is 7.09. The molecule has 30 heavy (non-hydrogen) atoms. The number of thiophene rings is 1. The normalized spacial score (nSPS) is 18.9. The average molecular weight is 421 g/mol. The van der Waals surface area contributed by atoms with Gasteiger partial charge in [-0.1, -0.05) is 30.4 Å². The zero-order valence-electron chi connectivity index (χ0n) is 16.4. The molecule has 0 saturated carbocycles. The molecule has 1 unspecified atom stereocenters. The SMILES string of the molecule is COc1ccc(/C=C2\OC3C=CC=CC3=[N+](CC(=O)NCc3cccs3)C2=O)cc1. The minimum atomic E-state index is -0.415. The van der Waals surface area contributed by atoms with Crippen molar-refractivity contribution in [3.05, 3.63) is 82.3 Å². The summed E-state index contributed by atoms with van der Waals surface area (Å²) >= 11 is 1.58. The fraction of sp³-hybridized carbons (Fsp3) is 0.174. The topological polar surface area (TPSA) is 67.6 Å². The van der Waals surface area contributed by atoms with Crippen LogP contribution in [0.3, 0.4) is 0 Å². The van der Waals surface area contributed by atoms with Gasteiger partial charge < -0.3 is 14.8 Å². The van der Waals surface area contributed by atoms with E-state index in [2.05, 4.69) is 5.32 Å². The Morgan fingerprint density at radius 1 is 1.27 bits per heavy atom. The molecule has 0 saturated heterocycles. The summed E-state index contributed by atoms with van der Waals surface area (Å²) in [5.41, 5.74) is 1.46. The zero-order valence-corrected chi connectivity index (χ0v) is 17.2. The van der Waals surface area contributed by atoms with Crippen LogP contribution in [0.1, 0.15) is 10.4 Å². The van der Waals surface area contributed by atoms with E-state index in [1.54, 1.807) is 30.6 Å². The Morgan fingerprint density at radius 2 is 2.10 bits per heavy atom. The quantitative estimate of drug-likeness (QED) is 0.575. The minimum absolute atomic E-state index is 0.0719. The van der Waals surface area contributed by atoms with Crippen LogP contribution in [-0.2, 0) is 20.9 Å². The first-order valence-electron chi connectivity index (χ1n) is 9.49. The van der Waals surface area contributed by atoms with Crippen LogP contribution in [-0.4, -0.2) is 41.9 Å². The van der Waals surface area contributed by atoms with E-state index >= 15 is 0 Å². The van der Waals surface area contributed by atoms with Crippen molar-refractivity contribution in [2.75, 3.05) is 13.7 Å². The number of methoxy groups -OCH3 is 1. The fourth-order valence-electron chi connectivity index (χ4n) is 3.20. The number of carbonyl (C=O) groups is 2. The Hall–Kier alpha value is -3.45. The highest BCUT2D eigenvalue weighted by atomic mass is 32.1. The predicted octanol–water partition coefficient (Wildman–Crippen LogP) is 2.92. The predicted molar refractivity (Wildman–Crippen MR) is 115 cm³/mol. The van der Waals surface area contributed by atoms with Crippen molar-refractivity contribution in [1.29, 1.82) is 0 Å². The highest BCUT2D eigenvalue weighted by Gasteiger charge is 2.40. The van der Waals surface area contributed by atoms with Gasteiger partial charge in [-0.25, -0.2) is 4.79 Å². The van der Waals surface area contributed by atoms with E-state index in [1.165, 1.54) is 4.58 Å². The summed E-state index contributed by atoms with van der Waals surface area (Å²) in [6, 6.07) is 11.2. The molecular weight excluding hydrogens is 400 g/mol. The molecule has 1 aliphatic carbocycles. The lowest BCUT2D eigenvalue weighted by Crippen LogP contribution is -2.46. The number of hydrogen-bond donors (Lipinski definition) is 1. The number of hydrogen-bond acceptors (Lipinski definition) is 5. The molecule has 2 aromatic rings. The summed E-state index contributed by atoms with van der Waals surface area (Å²) in [5.74, 6) is 0.355. The lowest BCUT2D eigenvalue weighted by molar-refractivity contribution is -0.443. The van der Waals surface area contributed by atoms with Gasteiger partial charge in [-0.05, 0) is 41.3 Å². The Kier molecular flexibility index (Phi) is 5.90. The molecule has 1 atom stereocenters. The third-order valence-corrected chi connectivity index (χ3v) is 5.61. The van der Waals surface area contributed by atoms with E-state index in [4.69, 9.17) is 9.47 Å². The molecule has 0 spiro atoms. The molecule has 7 heteroatoms. The van der Waals surface area contributed by atoms with Gasteiger partial charge in [0.25, 0.3) is 5.91 Å². The Labute approximate surface area is 178 Å². The average Bonchev–Trinajstić information content (AvgIpc) is 3.29. The summed E-state index contributed by atoms with van der Waals surface area (Å²) in [6.07, 6.45) is 8.63. The summed E-state index contributed by atoms with van der Waals surface area (Å²) in [5, 5.41) is 4.83. The summed E-state index contributed by atoms with van der Waals surface area (Å²) in [6.45, 7) is 0.371. The number of amides is 2. The molecule has 2 aliphatic rings. The molecule has 0 bridgehead atoms. The number of rotatable bonds is 6. The second-order valence-corrected chi connectivity index (χ2v) is 7.77. The van der Waals surface area contributed by atoms with E-state index in [1.807, 2.05) is 60.0 Å². The van der Waals surface area contributed by atoms with E-state index in [9.17, 15) is 9.59 Å². The molecule has 6 nitrogen and oxygen atoms in total. The van der Waals surface area contributed by atoms with Crippen molar-refractivity contribution in [3.63, 3.8) is 0 Å². The first-order chi connectivity index (χ1) is 14.6. The smallest absolute Gasteiger partial charge is 0.455 e.